The van der Waals surface area contributed by atoms with E-state index >= 15 is 0 Å². The molecular weight excluding hydrogens is 316 g/mol. The van der Waals surface area contributed by atoms with Crippen molar-refractivity contribution in [3.05, 3.63) is 29.8 Å². The summed E-state index contributed by atoms with van der Waals surface area (Å²) in [5, 5.41) is 5.69. The number of amides is 2. The average Bonchev–Trinajstić information content (AvgIpc) is 2.62. The zero-order valence-electron chi connectivity index (χ0n) is 14.9. The number of nitrogens with zero attached hydrogens (tertiary/aromatic N) is 2. The fourth-order valence-electron chi connectivity index (χ4n) is 3.17. The zero-order chi connectivity index (χ0) is 17.8. The largest absolute Gasteiger partial charge is 0.343 e. The van der Waals surface area contributed by atoms with Gasteiger partial charge in [0.05, 0.1) is 6.42 Å². The van der Waals surface area contributed by atoms with Crippen LogP contribution in [0.5, 0.6) is 0 Å². The van der Waals surface area contributed by atoms with E-state index in [0.29, 0.717) is 11.9 Å². The lowest BCUT2D eigenvalue weighted by atomic mass is 10.0. The number of rotatable bonds is 3. The molecule has 1 fully saturated rings. The van der Waals surface area contributed by atoms with Crippen LogP contribution in [0.15, 0.2) is 29.3 Å². The van der Waals surface area contributed by atoms with Crippen LogP contribution in [0.3, 0.4) is 0 Å². The summed E-state index contributed by atoms with van der Waals surface area (Å²) in [4.78, 5) is 31.1. The molecule has 0 aliphatic carbocycles. The number of benzene rings is 1. The van der Waals surface area contributed by atoms with Crippen molar-refractivity contribution in [1.82, 2.24) is 10.2 Å². The minimum Gasteiger partial charge on any atom is -0.343 e. The Hall–Kier alpha value is -2.37. The molecule has 1 aromatic rings. The topological polar surface area (TPSA) is 73.8 Å². The lowest BCUT2D eigenvalue weighted by Gasteiger charge is -2.32. The van der Waals surface area contributed by atoms with Crippen LogP contribution in [0.1, 0.15) is 51.0 Å². The molecule has 0 saturated carbocycles. The lowest BCUT2D eigenvalue weighted by molar-refractivity contribution is -0.125. The standard InChI is InChI=1S/C19H26N4O2/c1-13(2)14-6-8-15(9-7-14)20-18(25)16-12-17(24)22-19(21-16)23-10-4-3-5-11-23/h6-9,13,16H,3-5,10-12H2,1-2H3,(H,20,25)(H,21,22,24)/t16-/m0/s1. The van der Waals surface area contributed by atoms with Crippen molar-refractivity contribution < 1.29 is 9.59 Å². The third-order valence-electron chi connectivity index (χ3n) is 4.71. The Labute approximate surface area is 148 Å². The molecule has 1 aromatic carbocycles. The van der Waals surface area contributed by atoms with E-state index in [9.17, 15) is 9.59 Å². The highest BCUT2D eigenvalue weighted by atomic mass is 16.2. The summed E-state index contributed by atoms with van der Waals surface area (Å²) in [6.45, 7) is 6.02. The summed E-state index contributed by atoms with van der Waals surface area (Å²) < 4.78 is 0. The molecule has 0 aromatic heterocycles. The van der Waals surface area contributed by atoms with Gasteiger partial charge in [-0.1, -0.05) is 26.0 Å². The predicted octanol–water partition coefficient (Wildman–Crippen LogP) is 2.48. The van der Waals surface area contributed by atoms with Crippen molar-refractivity contribution in [2.45, 2.75) is 51.5 Å². The summed E-state index contributed by atoms with van der Waals surface area (Å²) in [5.74, 6) is 0.613. The average molecular weight is 342 g/mol. The van der Waals surface area contributed by atoms with Gasteiger partial charge < -0.3 is 10.2 Å². The number of likely N-dealkylation sites (tertiary alicyclic amines) is 1. The molecule has 0 unspecified atom stereocenters. The third-order valence-corrected chi connectivity index (χ3v) is 4.71. The number of hydrogen-bond acceptors (Lipinski definition) is 4. The van der Waals surface area contributed by atoms with E-state index in [-0.39, 0.29) is 18.2 Å². The summed E-state index contributed by atoms with van der Waals surface area (Å²) in [7, 11) is 0. The van der Waals surface area contributed by atoms with E-state index in [4.69, 9.17) is 0 Å². The molecular formula is C19H26N4O2. The van der Waals surface area contributed by atoms with Crippen LogP contribution in [-0.4, -0.2) is 41.8 Å². The molecule has 0 bridgehead atoms. The van der Waals surface area contributed by atoms with Crippen LogP contribution in [0, 0.1) is 0 Å². The number of carbonyl (C=O) groups excluding carboxylic acids is 2. The van der Waals surface area contributed by atoms with E-state index in [1.54, 1.807) is 0 Å². The molecule has 3 rings (SSSR count). The Bertz CT molecular complexity index is 661. The lowest BCUT2D eigenvalue weighted by Crippen LogP contribution is -2.51. The van der Waals surface area contributed by atoms with Crippen LogP contribution in [0.25, 0.3) is 0 Å². The van der Waals surface area contributed by atoms with Gasteiger partial charge in [-0.25, -0.2) is 4.99 Å². The second-order valence-electron chi connectivity index (χ2n) is 7.03. The fourth-order valence-corrected chi connectivity index (χ4v) is 3.17. The molecule has 0 radical (unpaired) electrons. The molecule has 2 amide bonds. The Kier molecular flexibility index (Phi) is 5.36. The molecule has 134 valence electrons. The van der Waals surface area contributed by atoms with Crippen LogP contribution in [0.4, 0.5) is 5.69 Å². The second kappa shape index (κ2) is 7.68. The molecule has 2 N–H and O–H groups in total. The zero-order valence-corrected chi connectivity index (χ0v) is 14.9. The van der Waals surface area contributed by atoms with E-state index in [1.165, 1.54) is 12.0 Å². The van der Waals surface area contributed by atoms with Gasteiger partial charge >= 0.3 is 0 Å². The highest BCUT2D eigenvalue weighted by Crippen LogP contribution is 2.18. The normalized spacial score (nSPS) is 20.9. The van der Waals surface area contributed by atoms with Gasteiger partial charge in [-0.3, -0.25) is 14.9 Å². The van der Waals surface area contributed by atoms with Crippen molar-refractivity contribution in [2.75, 3.05) is 18.4 Å². The van der Waals surface area contributed by atoms with Crippen molar-refractivity contribution in [3.8, 4) is 0 Å². The first-order chi connectivity index (χ1) is 12.0. The van der Waals surface area contributed by atoms with Crippen LogP contribution >= 0.6 is 0 Å². The first kappa shape index (κ1) is 17.5. The number of piperidine rings is 1. The van der Waals surface area contributed by atoms with Crippen molar-refractivity contribution in [3.63, 3.8) is 0 Å². The maximum absolute atomic E-state index is 12.5. The molecule has 2 aliphatic rings. The van der Waals surface area contributed by atoms with E-state index in [2.05, 4.69) is 34.4 Å². The van der Waals surface area contributed by atoms with Gasteiger partial charge in [0.1, 0.15) is 6.04 Å². The van der Waals surface area contributed by atoms with Gasteiger partial charge in [0.2, 0.25) is 17.8 Å². The number of guanidine groups is 1. The van der Waals surface area contributed by atoms with Gasteiger partial charge in [0, 0.05) is 18.8 Å². The number of hydrogen-bond donors (Lipinski definition) is 2. The fraction of sp³-hybridized carbons (Fsp3) is 0.526. The Balaban J connectivity index is 1.68. The first-order valence-corrected chi connectivity index (χ1v) is 9.06. The molecule has 1 atom stereocenters. The number of aliphatic imine (C=N–C) groups is 1. The third kappa shape index (κ3) is 4.38. The minimum absolute atomic E-state index is 0.0905. The Morgan fingerprint density at radius 2 is 1.88 bits per heavy atom. The van der Waals surface area contributed by atoms with Gasteiger partial charge in [0.15, 0.2) is 0 Å². The monoisotopic (exact) mass is 342 g/mol. The summed E-state index contributed by atoms with van der Waals surface area (Å²) in [6, 6.07) is 7.14. The van der Waals surface area contributed by atoms with E-state index in [0.717, 1.165) is 31.6 Å². The van der Waals surface area contributed by atoms with Crippen LogP contribution in [-0.2, 0) is 9.59 Å². The molecule has 2 heterocycles. The first-order valence-electron chi connectivity index (χ1n) is 9.06. The van der Waals surface area contributed by atoms with Crippen molar-refractivity contribution >= 4 is 23.5 Å². The van der Waals surface area contributed by atoms with Crippen LogP contribution in [0.2, 0.25) is 0 Å². The Morgan fingerprint density at radius 1 is 1.20 bits per heavy atom. The highest BCUT2D eigenvalue weighted by molar-refractivity contribution is 6.05. The summed E-state index contributed by atoms with van der Waals surface area (Å²) >= 11 is 0. The van der Waals surface area contributed by atoms with Crippen LogP contribution < -0.4 is 10.6 Å². The number of carbonyl (C=O) groups is 2. The second-order valence-corrected chi connectivity index (χ2v) is 7.03. The highest BCUT2D eigenvalue weighted by Gasteiger charge is 2.29. The van der Waals surface area contributed by atoms with E-state index < -0.39 is 6.04 Å². The van der Waals surface area contributed by atoms with Gasteiger partial charge in [-0.05, 0) is 42.9 Å². The molecule has 6 heteroatoms. The molecule has 2 aliphatic heterocycles. The SMILES string of the molecule is CC(C)c1ccc(NC(=O)[C@@H]2CC(=O)NC(N3CCCCC3)=N2)cc1. The van der Waals surface area contributed by atoms with Crippen molar-refractivity contribution in [1.29, 1.82) is 0 Å². The minimum atomic E-state index is -0.671. The smallest absolute Gasteiger partial charge is 0.249 e. The maximum Gasteiger partial charge on any atom is 0.249 e. The number of anilines is 1. The summed E-state index contributed by atoms with van der Waals surface area (Å²) in [5.41, 5.74) is 1.95. The van der Waals surface area contributed by atoms with E-state index in [1.807, 2.05) is 24.3 Å². The summed E-state index contributed by atoms with van der Waals surface area (Å²) in [6.07, 6.45) is 3.48. The van der Waals surface area contributed by atoms with Gasteiger partial charge in [-0.2, -0.15) is 0 Å². The van der Waals surface area contributed by atoms with Crippen molar-refractivity contribution in [2.24, 2.45) is 4.99 Å². The number of nitrogens with one attached hydrogen (secondary N) is 2. The predicted molar refractivity (Wildman–Crippen MR) is 98.6 cm³/mol. The quantitative estimate of drug-likeness (QED) is 0.886. The van der Waals surface area contributed by atoms with Gasteiger partial charge in [-0.15, -0.1) is 0 Å². The molecule has 25 heavy (non-hydrogen) atoms. The van der Waals surface area contributed by atoms with Gasteiger partial charge in [0.25, 0.3) is 0 Å². The molecule has 1 saturated heterocycles. The molecule has 6 nitrogen and oxygen atoms in total. The maximum atomic E-state index is 12.5. The molecule has 0 spiro atoms. The Morgan fingerprint density at radius 3 is 2.52 bits per heavy atom.